The van der Waals surface area contributed by atoms with Crippen LogP contribution in [0.1, 0.15) is 30.0 Å². The van der Waals surface area contributed by atoms with Crippen molar-refractivity contribution >= 4 is 22.7 Å². The van der Waals surface area contributed by atoms with E-state index in [0.717, 1.165) is 19.4 Å². The van der Waals surface area contributed by atoms with Crippen molar-refractivity contribution in [2.45, 2.75) is 25.8 Å². The summed E-state index contributed by atoms with van der Waals surface area (Å²) in [5, 5.41) is 7.78. The largest absolute Gasteiger partial charge is 0.309 e. The van der Waals surface area contributed by atoms with Crippen molar-refractivity contribution in [2.24, 2.45) is 0 Å². The van der Waals surface area contributed by atoms with Crippen molar-refractivity contribution in [1.29, 1.82) is 0 Å². The Kier molecular flexibility index (Phi) is 4.51. The maximum Gasteiger partial charge on any atom is 0.0795 e. The van der Waals surface area contributed by atoms with Crippen LogP contribution in [0.25, 0.3) is 0 Å². The average Bonchev–Trinajstić information content (AvgIpc) is 2.96. The fourth-order valence-corrected chi connectivity index (χ4v) is 3.07. The molecule has 0 amide bonds. The third kappa shape index (κ3) is 3.14. The van der Waals surface area contributed by atoms with E-state index in [1.165, 1.54) is 10.6 Å². The fraction of sp³-hybridized carbons (Fsp3) is 0.417. The van der Waals surface area contributed by atoms with Crippen molar-refractivity contribution in [2.75, 3.05) is 6.54 Å². The van der Waals surface area contributed by atoms with Gasteiger partial charge in [0.25, 0.3) is 0 Å². The van der Waals surface area contributed by atoms with E-state index in [4.69, 9.17) is 0 Å². The quantitative estimate of drug-likeness (QED) is 0.851. The van der Waals surface area contributed by atoms with E-state index >= 15 is 0 Å². The van der Waals surface area contributed by atoms with Gasteiger partial charge in [-0.15, -0.1) is 22.7 Å². The molecule has 4 heteroatoms. The van der Waals surface area contributed by atoms with Gasteiger partial charge in [0.2, 0.25) is 0 Å². The molecule has 0 saturated heterocycles. The maximum absolute atomic E-state index is 4.39. The molecule has 0 saturated carbocycles. The SMILES string of the molecule is CCNC(CCc1cccs1)c1cscn1. The highest BCUT2D eigenvalue weighted by molar-refractivity contribution is 7.09. The number of rotatable bonds is 6. The lowest BCUT2D eigenvalue weighted by molar-refractivity contribution is 0.507. The lowest BCUT2D eigenvalue weighted by atomic mass is 10.1. The maximum atomic E-state index is 4.39. The molecule has 2 rings (SSSR count). The van der Waals surface area contributed by atoms with Gasteiger partial charge in [-0.2, -0.15) is 0 Å². The summed E-state index contributed by atoms with van der Waals surface area (Å²) in [4.78, 5) is 5.85. The van der Waals surface area contributed by atoms with Crippen LogP contribution in [0.4, 0.5) is 0 Å². The van der Waals surface area contributed by atoms with Crippen LogP contribution in [-0.2, 0) is 6.42 Å². The molecule has 1 unspecified atom stereocenters. The molecule has 1 atom stereocenters. The van der Waals surface area contributed by atoms with E-state index in [1.807, 2.05) is 16.8 Å². The van der Waals surface area contributed by atoms with Crippen LogP contribution >= 0.6 is 22.7 Å². The van der Waals surface area contributed by atoms with Crippen molar-refractivity contribution in [3.05, 3.63) is 39.0 Å². The zero-order chi connectivity index (χ0) is 11.2. The number of aromatic nitrogens is 1. The molecule has 2 aromatic rings. The van der Waals surface area contributed by atoms with Crippen molar-refractivity contribution in [3.63, 3.8) is 0 Å². The Morgan fingerprint density at radius 2 is 2.44 bits per heavy atom. The highest BCUT2D eigenvalue weighted by Gasteiger charge is 2.12. The van der Waals surface area contributed by atoms with E-state index in [-0.39, 0.29) is 0 Å². The zero-order valence-electron chi connectivity index (χ0n) is 9.35. The lowest BCUT2D eigenvalue weighted by Crippen LogP contribution is -2.21. The molecule has 0 aliphatic rings. The van der Waals surface area contributed by atoms with E-state index in [2.05, 4.69) is 40.1 Å². The van der Waals surface area contributed by atoms with Gasteiger partial charge in [0.15, 0.2) is 0 Å². The van der Waals surface area contributed by atoms with E-state index in [9.17, 15) is 0 Å². The Labute approximate surface area is 104 Å². The fourth-order valence-electron chi connectivity index (χ4n) is 1.74. The first-order chi connectivity index (χ1) is 7.90. The van der Waals surface area contributed by atoms with Gasteiger partial charge in [0.05, 0.1) is 17.2 Å². The summed E-state index contributed by atoms with van der Waals surface area (Å²) in [6.07, 6.45) is 2.25. The molecule has 0 radical (unpaired) electrons. The predicted molar refractivity (Wildman–Crippen MR) is 71.2 cm³/mol. The lowest BCUT2D eigenvalue weighted by Gasteiger charge is -2.14. The molecular formula is C12H16N2S2. The Morgan fingerprint density at radius 3 is 3.06 bits per heavy atom. The summed E-state index contributed by atoms with van der Waals surface area (Å²) in [6, 6.07) is 4.72. The van der Waals surface area contributed by atoms with Crippen LogP contribution in [0, 0.1) is 0 Å². The first kappa shape index (κ1) is 11.8. The average molecular weight is 252 g/mol. The number of aryl methyl sites for hydroxylation is 1. The zero-order valence-corrected chi connectivity index (χ0v) is 11.0. The van der Waals surface area contributed by atoms with Crippen molar-refractivity contribution < 1.29 is 0 Å². The number of hydrogen-bond donors (Lipinski definition) is 1. The number of hydrogen-bond acceptors (Lipinski definition) is 4. The number of thiophene rings is 1. The first-order valence-electron chi connectivity index (χ1n) is 5.54. The number of thiazole rings is 1. The predicted octanol–water partition coefficient (Wildman–Crippen LogP) is 3.49. The minimum absolute atomic E-state index is 0.401. The summed E-state index contributed by atoms with van der Waals surface area (Å²) in [7, 11) is 0. The minimum atomic E-state index is 0.401. The second kappa shape index (κ2) is 6.13. The molecule has 0 fully saturated rings. The molecule has 16 heavy (non-hydrogen) atoms. The second-order valence-electron chi connectivity index (χ2n) is 3.64. The topological polar surface area (TPSA) is 24.9 Å². The Hall–Kier alpha value is -0.710. The summed E-state index contributed by atoms with van der Waals surface area (Å²) in [6.45, 7) is 3.14. The summed E-state index contributed by atoms with van der Waals surface area (Å²) >= 11 is 3.50. The number of nitrogens with zero attached hydrogens (tertiary/aromatic N) is 1. The minimum Gasteiger partial charge on any atom is -0.309 e. The molecule has 0 aliphatic heterocycles. The molecule has 1 N–H and O–H groups in total. The monoisotopic (exact) mass is 252 g/mol. The van der Waals surface area contributed by atoms with E-state index in [1.54, 1.807) is 11.3 Å². The van der Waals surface area contributed by atoms with Gasteiger partial charge < -0.3 is 5.32 Å². The van der Waals surface area contributed by atoms with Gasteiger partial charge >= 0.3 is 0 Å². The van der Waals surface area contributed by atoms with E-state index in [0.29, 0.717) is 6.04 Å². The van der Waals surface area contributed by atoms with Crippen LogP contribution in [0.5, 0.6) is 0 Å². The summed E-state index contributed by atoms with van der Waals surface area (Å²) in [5.41, 5.74) is 3.09. The van der Waals surface area contributed by atoms with Crippen LogP contribution in [0.15, 0.2) is 28.4 Å². The Morgan fingerprint density at radius 1 is 1.50 bits per heavy atom. The van der Waals surface area contributed by atoms with Crippen LogP contribution in [0.2, 0.25) is 0 Å². The molecular weight excluding hydrogens is 236 g/mol. The molecule has 0 bridgehead atoms. The highest BCUT2D eigenvalue weighted by Crippen LogP contribution is 2.20. The smallest absolute Gasteiger partial charge is 0.0795 e. The van der Waals surface area contributed by atoms with Crippen LogP contribution in [-0.4, -0.2) is 11.5 Å². The van der Waals surface area contributed by atoms with Crippen molar-refractivity contribution in [1.82, 2.24) is 10.3 Å². The van der Waals surface area contributed by atoms with Gasteiger partial charge in [-0.25, -0.2) is 4.98 Å². The molecule has 86 valence electrons. The first-order valence-corrected chi connectivity index (χ1v) is 7.36. The molecule has 0 aliphatic carbocycles. The molecule has 2 heterocycles. The summed E-state index contributed by atoms with van der Waals surface area (Å²) < 4.78 is 0. The number of nitrogens with one attached hydrogen (secondary N) is 1. The van der Waals surface area contributed by atoms with Gasteiger partial charge in [0, 0.05) is 10.3 Å². The molecule has 2 aromatic heterocycles. The van der Waals surface area contributed by atoms with Gasteiger partial charge in [-0.1, -0.05) is 13.0 Å². The van der Waals surface area contributed by atoms with E-state index < -0.39 is 0 Å². The second-order valence-corrected chi connectivity index (χ2v) is 5.39. The van der Waals surface area contributed by atoms with Crippen molar-refractivity contribution in [3.8, 4) is 0 Å². The van der Waals surface area contributed by atoms with Gasteiger partial charge in [0.1, 0.15) is 0 Å². The molecule has 0 spiro atoms. The normalized spacial score (nSPS) is 12.8. The molecule has 0 aromatic carbocycles. The third-order valence-electron chi connectivity index (χ3n) is 2.52. The van der Waals surface area contributed by atoms with Gasteiger partial charge in [-0.05, 0) is 30.8 Å². The standard InChI is InChI=1S/C12H16N2S2/c1-2-13-11(12-8-15-9-14-12)6-5-10-4-3-7-16-10/h3-4,7-9,11,13H,2,5-6H2,1H3. The Bertz CT molecular complexity index is 381. The summed E-state index contributed by atoms with van der Waals surface area (Å²) in [5.74, 6) is 0. The third-order valence-corrected chi connectivity index (χ3v) is 4.06. The van der Waals surface area contributed by atoms with Crippen LogP contribution in [0.3, 0.4) is 0 Å². The Balaban J connectivity index is 1.93. The van der Waals surface area contributed by atoms with Gasteiger partial charge in [-0.3, -0.25) is 0 Å². The highest BCUT2D eigenvalue weighted by atomic mass is 32.1. The molecule has 2 nitrogen and oxygen atoms in total. The van der Waals surface area contributed by atoms with Crippen LogP contribution < -0.4 is 5.32 Å².